The Morgan fingerprint density at radius 2 is 1.93 bits per heavy atom. The van der Waals surface area contributed by atoms with Crippen LogP contribution in [-0.4, -0.2) is 58.3 Å². The predicted octanol–water partition coefficient (Wildman–Crippen LogP) is 3.32. The third-order valence-electron chi connectivity index (χ3n) is 4.18. The highest BCUT2D eigenvalue weighted by atomic mass is 32.2. The molecule has 0 amide bonds. The Hall–Kier alpha value is -2.21. The first kappa shape index (κ1) is 21.5. The topological polar surface area (TPSA) is 60.2 Å². The molecule has 2 aromatic rings. The molecule has 1 saturated heterocycles. The minimum atomic E-state index is -4.53. The molecule has 1 fully saturated rings. The number of hydrogen-bond acceptors (Lipinski definition) is 6. The van der Waals surface area contributed by atoms with Gasteiger partial charge in [-0.25, -0.2) is 8.78 Å². The number of ketones is 1. The Labute approximate surface area is 167 Å². The van der Waals surface area contributed by atoms with Crippen LogP contribution in [0, 0.1) is 11.6 Å². The average Bonchev–Trinajstić information content (AvgIpc) is 3.02. The van der Waals surface area contributed by atoms with E-state index in [9.17, 15) is 26.7 Å². The van der Waals surface area contributed by atoms with Gasteiger partial charge in [-0.15, -0.1) is 10.2 Å². The van der Waals surface area contributed by atoms with Gasteiger partial charge in [-0.05, 0) is 19.1 Å². The third kappa shape index (κ3) is 5.24. The lowest BCUT2D eigenvalue weighted by molar-refractivity contribution is -0.141. The summed E-state index contributed by atoms with van der Waals surface area (Å²) in [7, 11) is 0. The minimum Gasteiger partial charge on any atom is -0.378 e. The molecule has 0 radical (unpaired) electrons. The molecule has 6 nitrogen and oxygen atoms in total. The van der Waals surface area contributed by atoms with Gasteiger partial charge < -0.3 is 9.64 Å². The summed E-state index contributed by atoms with van der Waals surface area (Å²) in [6.07, 6.45) is -4.53. The van der Waals surface area contributed by atoms with Gasteiger partial charge in [-0.1, -0.05) is 11.8 Å². The number of carbonyl (C=O) groups excluding carboxylic acids is 1. The quantitative estimate of drug-likeness (QED) is 0.393. The Morgan fingerprint density at radius 3 is 2.55 bits per heavy atom. The highest BCUT2D eigenvalue weighted by Crippen LogP contribution is 2.31. The highest BCUT2D eigenvalue weighted by Gasteiger charge is 2.34. The lowest BCUT2D eigenvalue weighted by atomic mass is 10.1. The van der Waals surface area contributed by atoms with Crippen LogP contribution in [0.25, 0.3) is 0 Å². The van der Waals surface area contributed by atoms with Crippen molar-refractivity contribution in [3.63, 3.8) is 0 Å². The third-order valence-corrected chi connectivity index (χ3v) is 5.26. The normalized spacial score (nSPS) is 16.1. The maximum Gasteiger partial charge on any atom is 0.406 e. The van der Waals surface area contributed by atoms with Crippen molar-refractivity contribution in [1.82, 2.24) is 14.8 Å². The molecule has 1 aromatic carbocycles. The first-order valence-corrected chi connectivity index (χ1v) is 9.52. The first-order valence-electron chi connectivity index (χ1n) is 8.64. The molecule has 0 saturated carbocycles. The van der Waals surface area contributed by atoms with Gasteiger partial charge in [-0.2, -0.15) is 13.2 Å². The van der Waals surface area contributed by atoms with Crippen molar-refractivity contribution in [1.29, 1.82) is 0 Å². The number of morpholine rings is 1. The van der Waals surface area contributed by atoms with Gasteiger partial charge in [0.25, 0.3) is 0 Å². The molecule has 1 aliphatic heterocycles. The monoisotopic (exact) mass is 436 g/mol. The number of ether oxygens (including phenoxy) is 1. The van der Waals surface area contributed by atoms with Crippen LogP contribution in [0.5, 0.6) is 0 Å². The van der Waals surface area contributed by atoms with Crippen molar-refractivity contribution in [2.45, 2.75) is 30.1 Å². The second-order valence-electron chi connectivity index (χ2n) is 6.33. The van der Waals surface area contributed by atoms with Crippen LogP contribution < -0.4 is 4.90 Å². The van der Waals surface area contributed by atoms with Gasteiger partial charge in [0.05, 0.1) is 24.0 Å². The molecule has 2 heterocycles. The van der Waals surface area contributed by atoms with E-state index < -0.39 is 35.4 Å². The first-order chi connectivity index (χ1) is 13.7. The zero-order valence-corrected chi connectivity index (χ0v) is 16.1. The summed E-state index contributed by atoms with van der Waals surface area (Å²) in [5.74, 6) is -2.53. The largest absolute Gasteiger partial charge is 0.406 e. The summed E-state index contributed by atoms with van der Waals surface area (Å²) in [5, 5.41) is 6.59. The van der Waals surface area contributed by atoms with Crippen LogP contribution >= 0.6 is 11.8 Å². The Bertz CT molecular complexity index is 883. The fourth-order valence-electron chi connectivity index (χ4n) is 2.80. The zero-order chi connectivity index (χ0) is 21.2. The highest BCUT2D eigenvalue weighted by molar-refractivity contribution is 8.00. The molecule has 1 unspecified atom stereocenters. The molecular weight excluding hydrogens is 419 g/mol. The van der Waals surface area contributed by atoms with E-state index in [1.807, 2.05) is 0 Å². The van der Waals surface area contributed by atoms with E-state index in [-0.39, 0.29) is 16.7 Å². The maximum absolute atomic E-state index is 13.9. The van der Waals surface area contributed by atoms with Gasteiger partial charge in [-0.3, -0.25) is 9.36 Å². The summed E-state index contributed by atoms with van der Waals surface area (Å²) in [6.45, 7) is 1.49. The van der Waals surface area contributed by atoms with Crippen molar-refractivity contribution in [3.8, 4) is 0 Å². The Morgan fingerprint density at radius 1 is 1.24 bits per heavy atom. The fourth-order valence-corrected chi connectivity index (χ4v) is 3.71. The van der Waals surface area contributed by atoms with E-state index in [2.05, 4.69) is 10.2 Å². The summed E-state index contributed by atoms with van der Waals surface area (Å²) in [5.41, 5.74) is -0.346. The van der Waals surface area contributed by atoms with Crippen molar-refractivity contribution >= 4 is 23.5 Å². The Kier molecular flexibility index (Phi) is 6.42. The molecule has 0 bridgehead atoms. The number of benzene rings is 1. The smallest absolute Gasteiger partial charge is 0.378 e. The van der Waals surface area contributed by atoms with E-state index in [1.54, 1.807) is 4.90 Å². The van der Waals surface area contributed by atoms with Gasteiger partial charge in [0.1, 0.15) is 18.2 Å². The zero-order valence-electron chi connectivity index (χ0n) is 15.2. The number of aromatic nitrogens is 3. The molecule has 1 atom stereocenters. The van der Waals surface area contributed by atoms with E-state index in [0.717, 1.165) is 28.5 Å². The molecule has 29 heavy (non-hydrogen) atoms. The molecule has 158 valence electrons. The maximum atomic E-state index is 13.9. The molecule has 1 aromatic heterocycles. The van der Waals surface area contributed by atoms with Crippen LogP contribution in [0.4, 0.5) is 27.9 Å². The number of thioether (sulfide) groups is 1. The van der Waals surface area contributed by atoms with Crippen LogP contribution in [-0.2, 0) is 11.3 Å². The Balaban J connectivity index is 1.85. The molecule has 0 spiro atoms. The van der Waals surface area contributed by atoms with Crippen molar-refractivity contribution in [3.05, 3.63) is 35.4 Å². The van der Waals surface area contributed by atoms with E-state index in [4.69, 9.17) is 4.74 Å². The van der Waals surface area contributed by atoms with Gasteiger partial charge >= 0.3 is 6.18 Å². The molecular formula is C17H17F5N4O2S. The van der Waals surface area contributed by atoms with E-state index >= 15 is 0 Å². The molecule has 12 heteroatoms. The van der Waals surface area contributed by atoms with E-state index in [1.165, 1.54) is 6.92 Å². The predicted molar refractivity (Wildman–Crippen MR) is 95.1 cm³/mol. The van der Waals surface area contributed by atoms with Crippen molar-refractivity contribution in [2.75, 3.05) is 31.2 Å². The van der Waals surface area contributed by atoms with Crippen molar-refractivity contribution < 1.29 is 31.5 Å². The average molecular weight is 436 g/mol. The number of rotatable bonds is 6. The minimum absolute atomic E-state index is 0.0285. The fraction of sp³-hybridized carbons (Fsp3) is 0.471. The summed E-state index contributed by atoms with van der Waals surface area (Å²) in [4.78, 5) is 14.1. The van der Waals surface area contributed by atoms with Gasteiger partial charge in [0.15, 0.2) is 10.9 Å². The summed E-state index contributed by atoms with van der Waals surface area (Å²) in [6, 6.07) is 2.52. The van der Waals surface area contributed by atoms with Gasteiger partial charge in [0, 0.05) is 19.2 Å². The number of hydrogen-bond donors (Lipinski definition) is 0. The van der Waals surface area contributed by atoms with Crippen LogP contribution in [0.1, 0.15) is 17.3 Å². The summed E-state index contributed by atoms with van der Waals surface area (Å²) < 4.78 is 72.4. The molecule has 1 aliphatic rings. The lowest BCUT2D eigenvalue weighted by Gasteiger charge is -2.28. The standard InChI is InChI=1S/C17H17F5N4O2S/c1-10(14(27)12-3-2-11(18)8-13(12)19)29-16-24-23-15(25-4-6-28-7-5-25)26(16)9-17(20,21)22/h2-3,8,10H,4-7,9H2,1H3. The molecule has 3 rings (SSSR count). The SMILES string of the molecule is CC(Sc1nnc(N2CCOCC2)n1CC(F)(F)F)C(=O)c1ccc(F)cc1F. The number of carbonyl (C=O) groups is 1. The lowest BCUT2D eigenvalue weighted by Crippen LogP contribution is -2.38. The van der Waals surface area contributed by atoms with Gasteiger partial charge in [0.2, 0.25) is 5.95 Å². The number of nitrogens with zero attached hydrogens (tertiary/aromatic N) is 4. The van der Waals surface area contributed by atoms with E-state index in [0.29, 0.717) is 32.4 Å². The van der Waals surface area contributed by atoms with Crippen LogP contribution in [0.3, 0.4) is 0 Å². The number of halogens is 5. The number of Topliss-reactive ketones (excluding diaryl/α,β-unsaturated/α-hetero) is 1. The second-order valence-corrected chi connectivity index (χ2v) is 7.64. The van der Waals surface area contributed by atoms with Crippen molar-refractivity contribution in [2.24, 2.45) is 0 Å². The number of alkyl halides is 3. The number of anilines is 1. The van der Waals surface area contributed by atoms with Crippen LogP contribution in [0.2, 0.25) is 0 Å². The summed E-state index contributed by atoms with van der Waals surface area (Å²) >= 11 is 0.733. The molecule has 0 aliphatic carbocycles. The molecule has 0 N–H and O–H groups in total. The van der Waals surface area contributed by atoms with Crippen LogP contribution in [0.15, 0.2) is 23.4 Å². The second kappa shape index (κ2) is 8.66.